The number of hydrogen-bond acceptors (Lipinski definition) is 4. The average Bonchev–Trinajstić information content (AvgIpc) is 2.78. The van der Waals surface area contributed by atoms with E-state index in [9.17, 15) is 8.42 Å². The van der Waals surface area contributed by atoms with Crippen molar-refractivity contribution in [3.63, 3.8) is 0 Å². The molecule has 0 radical (unpaired) electrons. The number of sulfonamides is 1. The summed E-state index contributed by atoms with van der Waals surface area (Å²) < 4.78 is 29.5. The highest BCUT2D eigenvalue weighted by Gasteiger charge is 2.24. The molecule has 0 heterocycles. The lowest BCUT2D eigenvalue weighted by molar-refractivity contribution is 0.389. The highest BCUT2D eigenvalue weighted by atomic mass is 32.2. The summed E-state index contributed by atoms with van der Waals surface area (Å²) in [5.74, 6) is 0. The van der Waals surface area contributed by atoms with Gasteiger partial charge >= 0.3 is 0 Å². The molecule has 3 aromatic rings. The van der Waals surface area contributed by atoms with Gasteiger partial charge in [0.1, 0.15) is 0 Å². The second-order valence-corrected chi connectivity index (χ2v) is 24.8. The van der Waals surface area contributed by atoms with Crippen LogP contribution in [0.2, 0.25) is 39.3 Å². The van der Waals surface area contributed by atoms with Crippen molar-refractivity contribution < 1.29 is 8.42 Å². The van der Waals surface area contributed by atoms with E-state index in [0.717, 1.165) is 41.3 Å². The zero-order valence-electron chi connectivity index (χ0n) is 23.0. The summed E-state index contributed by atoms with van der Waals surface area (Å²) in [5, 5.41) is 1.76. The van der Waals surface area contributed by atoms with Crippen LogP contribution >= 0.6 is 0 Å². The largest absolute Gasteiger partial charge is 0.373 e. The third-order valence-electron chi connectivity index (χ3n) is 5.96. The molecular weight excluding hydrogens is 499 g/mol. The van der Waals surface area contributed by atoms with Crippen LogP contribution in [0.15, 0.2) is 71.6 Å². The van der Waals surface area contributed by atoms with Crippen molar-refractivity contribution in [1.29, 1.82) is 0 Å². The molecule has 0 bridgehead atoms. The molecule has 0 aliphatic carbocycles. The number of fused-ring (bicyclic) bond motifs is 1. The van der Waals surface area contributed by atoms with Gasteiger partial charge in [0.05, 0.1) is 21.0 Å². The van der Waals surface area contributed by atoms with Gasteiger partial charge in [0.25, 0.3) is 0 Å². The van der Waals surface area contributed by atoms with E-state index in [2.05, 4.69) is 73.0 Å². The molecule has 0 aromatic heterocycles. The number of hydrogen-bond donors (Lipinski definition) is 1. The van der Waals surface area contributed by atoms with Crippen LogP contribution in [0.5, 0.6) is 0 Å². The van der Waals surface area contributed by atoms with E-state index in [1.54, 1.807) is 6.07 Å². The zero-order chi connectivity index (χ0) is 26.6. The maximum atomic E-state index is 13.4. The Morgan fingerprint density at radius 3 is 1.97 bits per heavy atom. The molecule has 0 aliphatic rings. The van der Waals surface area contributed by atoms with Crippen LogP contribution in [0.25, 0.3) is 10.8 Å². The predicted octanol–water partition coefficient (Wildman–Crippen LogP) is 5.81. The maximum Gasteiger partial charge on any atom is 0.241 e. The van der Waals surface area contributed by atoms with Crippen LogP contribution in [0.3, 0.4) is 0 Å². The number of benzene rings is 3. The van der Waals surface area contributed by atoms with Crippen LogP contribution in [0, 0.1) is 0 Å². The molecule has 0 saturated carbocycles. The Bertz CT molecular complexity index is 1250. The monoisotopic (exact) mass is 541 g/mol. The first kappa shape index (κ1) is 28.6. The first-order chi connectivity index (χ1) is 16.8. The van der Waals surface area contributed by atoms with E-state index in [1.165, 1.54) is 6.17 Å². The number of nitrogens with one attached hydrogen (secondary N) is 1. The summed E-state index contributed by atoms with van der Waals surface area (Å²) in [4.78, 5) is 5.28. The molecular formula is C28H43N3O2SSi2. The fourth-order valence-electron chi connectivity index (χ4n) is 4.66. The lowest BCUT2D eigenvalue weighted by Gasteiger charge is -2.34. The van der Waals surface area contributed by atoms with Crippen LogP contribution in [0.4, 0.5) is 5.69 Å². The molecule has 5 nitrogen and oxygen atoms in total. The van der Waals surface area contributed by atoms with Crippen molar-refractivity contribution in [2.24, 2.45) is 0 Å². The fourth-order valence-corrected chi connectivity index (χ4v) is 9.15. The Labute approximate surface area is 220 Å². The smallest absolute Gasteiger partial charge is 0.241 e. The van der Waals surface area contributed by atoms with E-state index >= 15 is 0 Å². The third kappa shape index (κ3) is 8.28. The minimum atomic E-state index is -3.67. The Morgan fingerprint density at radius 1 is 0.722 bits per heavy atom. The molecule has 36 heavy (non-hydrogen) atoms. The van der Waals surface area contributed by atoms with Gasteiger partial charge in [0, 0.05) is 42.3 Å². The molecule has 0 amide bonds. The Balaban J connectivity index is 1.94. The zero-order valence-corrected chi connectivity index (χ0v) is 25.8. The Kier molecular flexibility index (Phi) is 9.22. The van der Waals surface area contributed by atoms with Gasteiger partial charge < -0.3 is 9.80 Å². The first-order valence-electron chi connectivity index (χ1n) is 12.7. The molecule has 196 valence electrons. The van der Waals surface area contributed by atoms with Crippen molar-refractivity contribution in [3.05, 3.63) is 72.3 Å². The SMILES string of the molecule is CN(CCN(C[Si](C)(C)C)c1cccc2c(S(=O)(=O)NCc3ccccc3)cccc12)C[Si](C)(C)C. The summed E-state index contributed by atoms with van der Waals surface area (Å²) in [5.41, 5.74) is 2.06. The molecule has 0 fully saturated rings. The second-order valence-electron chi connectivity index (χ2n) is 12.2. The Hall–Kier alpha value is -1.98. The standard InChI is InChI=1S/C28H43N3O2SSi2/c1-30(22-35(2,3)4)19-20-31(23-36(5,6)7)27-17-11-16-26-25(27)15-12-18-28(26)34(32,33)29-21-24-13-9-8-10-14-24/h8-18,29H,19-23H2,1-7H3. The van der Waals surface area contributed by atoms with E-state index in [1.807, 2.05) is 48.5 Å². The molecule has 1 N–H and O–H groups in total. The van der Waals surface area contributed by atoms with Gasteiger partial charge in [-0.3, -0.25) is 0 Å². The third-order valence-corrected chi connectivity index (χ3v) is 10.2. The van der Waals surface area contributed by atoms with Gasteiger partial charge in [-0.15, -0.1) is 0 Å². The quantitative estimate of drug-likeness (QED) is 0.294. The van der Waals surface area contributed by atoms with Gasteiger partial charge in [-0.1, -0.05) is 93.9 Å². The van der Waals surface area contributed by atoms with Crippen LogP contribution in [-0.2, 0) is 16.6 Å². The summed E-state index contributed by atoms with van der Waals surface area (Å²) >= 11 is 0. The van der Waals surface area contributed by atoms with E-state index < -0.39 is 26.2 Å². The van der Waals surface area contributed by atoms with Gasteiger partial charge in [0.2, 0.25) is 10.0 Å². The van der Waals surface area contributed by atoms with Crippen molar-refractivity contribution in [2.75, 3.05) is 37.4 Å². The van der Waals surface area contributed by atoms with Crippen molar-refractivity contribution in [1.82, 2.24) is 9.62 Å². The summed E-state index contributed by atoms with van der Waals surface area (Å²) in [6.07, 6.45) is 2.19. The van der Waals surface area contributed by atoms with E-state index in [4.69, 9.17) is 0 Å². The summed E-state index contributed by atoms with van der Waals surface area (Å²) in [6, 6.07) is 21.3. The number of rotatable bonds is 12. The molecule has 0 saturated heterocycles. The molecule has 0 spiro atoms. The Morgan fingerprint density at radius 2 is 1.33 bits per heavy atom. The second kappa shape index (κ2) is 11.6. The lowest BCUT2D eigenvalue weighted by Crippen LogP contribution is -2.46. The molecule has 8 heteroatoms. The van der Waals surface area contributed by atoms with Gasteiger partial charge in [0.15, 0.2) is 0 Å². The van der Waals surface area contributed by atoms with Crippen LogP contribution < -0.4 is 9.62 Å². The fraction of sp³-hybridized carbons (Fsp3) is 0.429. The molecule has 0 unspecified atom stereocenters. The molecule has 0 aliphatic heterocycles. The van der Waals surface area contributed by atoms with E-state index in [-0.39, 0.29) is 6.54 Å². The van der Waals surface area contributed by atoms with Gasteiger partial charge in [-0.25, -0.2) is 13.1 Å². The molecule has 0 atom stereocenters. The van der Waals surface area contributed by atoms with Crippen LogP contribution in [0.1, 0.15) is 5.56 Å². The van der Waals surface area contributed by atoms with Crippen molar-refractivity contribution >= 4 is 42.6 Å². The number of anilines is 1. The molecule has 3 aromatic carbocycles. The summed E-state index contributed by atoms with van der Waals surface area (Å²) in [7, 11) is -4.06. The minimum absolute atomic E-state index is 0.268. The number of likely N-dealkylation sites (N-methyl/N-ethyl adjacent to an activating group) is 1. The van der Waals surface area contributed by atoms with Gasteiger partial charge in [-0.05, 0) is 30.9 Å². The van der Waals surface area contributed by atoms with Crippen molar-refractivity contribution in [3.8, 4) is 0 Å². The minimum Gasteiger partial charge on any atom is -0.373 e. The lowest BCUT2D eigenvalue weighted by atomic mass is 10.1. The topological polar surface area (TPSA) is 52.7 Å². The maximum absolute atomic E-state index is 13.4. The summed E-state index contributed by atoms with van der Waals surface area (Å²) in [6.45, 7) is 16.6. The van der Waals surface area contributed by atoms with Gasteiger partial charge in [-0.2, -0.15) is 0 Å². The molecule has 3 rings (SSSR count). The van der Waals surface area contributed by atoms with E-state index in [0.29, 0.717) is 4.90 Å². The van der Waals surface area contributed by atoms with Crippen molar-refractivity contribution in [2.45, 2.75) is 50.7 Å². The predicted molar refractivity (Wildman–Crippen MR) is 161 cm³/mol. The highest BCUT2D eigenvalue weighted by Crippen LogP contribution is 2.32. The highest BCUT2D eigenvalue weighted by molar-refractivity contribution is 7.89. The number of nitrogens with zero attached hydrogens (tertiary/aromatic N) is 2. The first-order valence-corrected chi connectivity index (χ1v) is 21.6. The van der Waals surface area contributed by atoms with Crippen LogP contribution in [-0.4, -0.2) is 61.9 Å². The average molecular weight is 542 g/mol. The normalized spacial score (nSPS) is 12.9.